The van der Waals surface area contributed by atoms with E-state index in [9.17, 15) is 14.0 Å². The summed E-state index contributed by atoms with van der Waals surface area (Å²) in [7, 11) is 0. The van der Waals surface area contributed by atoms with Crippen molar-refractivity contribution in [1.82, 2.24) is 5.32 Å². The molecule has 96 valence electrons. The Morgan fingerprint density at radius 3 is 2.44 bits per heavy atom. The molecule has 1 unspecified atom stereocenters. The Morgan fingerprint density at radius 1 is 1.28 bits per heavy atom. The maximum atomic E-state index is 12.9. The van der Waals surface area contributed by atoms with Crippen LogP contribution >= 0.6 is 0 Å². The molecule has 0 aliphatic carbocycles. The number of hydrogen-bond acceptors (Lipinski definition) is 2. The van der Waals surface area contributed by atoms with E-state index < -0.39 is 6.04 Å². The van der Waals surface area contributed by atoms with E-state index in [0.29, 0.717) is 5.69 Å². The van der Waals surface area contributed by atoms with Crippen LogP contribution in [0.15, 0.2) is 24.3 Å². The van der Waals surface area contributed by atoms with Gasteiger partial charge in [0.05, 0.1) is 6.54 Å². The predicted octanol–water partition coefficient (Wildman–Crippen LogP) is 1.31. The summed E-state index contributed by atoms with van der Waals surface area (Å²) >= 11 is 0. The van der Waals surface area contributed by atoms with E-state index in [1.54, 1.807) is 0 Å². The highest BCUT2D eigenvalue weighted by atomic mass is 19.1. The van der Waals surface area contributed by atoms with Crippen molar-refractivity contribution in [2.45, 2.75) is 19.9 Å². The molecule has 1 aromatic rings. The number of hydrogen-bond donors (Lipinski definition) is 1. The SMILES string of the molecule is CC(C)C1C(=O)NCC(=O)N1c1ccc(F)cc1. The standard InChI is InChI=1S/C13H15FN2O2/c1-8(2)12-13(18)15-7-11(17)16(12)10-5-3-9(14)4-6-10/h3-6,8,12H,7H2,1-2H3,(H,15,18). The van der Waals surface area contributed by atoms with Crippen LogP contribution in [0.1, 0.15) is 13.8 Å². The van der Waals surface area contributed by atoms with Crippen LogP contribution in [-0.2, 0) is 9.59 Å². The second-order valence-electron chi connectivity index (χ2n) is 4.65. The maximum Gasteiger partial charge on any atom is 0.247 e. The lowest BCUT2D eigenvalue weighted by Gasteiger charge is -2.37. The molecule has 1 N–H and O–H groups in total. The summed E-state index contributed by atoms with van der Waals surface area (Å²) in [5.74, 6) is -0.734. The molecular weight excluding hydrogens is 235 g/mol. The lowest BCUT2D eigenvalue weighted by atomic mass is 9.98. The fourth-order valence-corrected chi connectivity index (χ4v) is 2.13. The quantitative estimate of drug-likeness (QED) is 0.860. The Hall–Kier alpha value is -1.91. The minimum Gasteiger partial charge on any atom is -0.345 e. The summed E-state index contributed by atoms with van der Waals surface area (Å²) in [6, 6.07) is 5.05. The van der Waals surface area contributed by atoms with Gasteiger partial charge in [-0.05, 0) is 30.2 Å². The number of piperazine rings is 1. The lowest BCUT2D eigenvalue weighted by Crippen LogP contribution is -2.60. The van der Waals surface area contributed by atoms with Gasteiger partial charge >= 0.3 is 0 Å². The zero-order chi connectivity index (χ0) is 13.3. The van der Waals surface area contributed by atoms with E-state index in [1.165, 1.54) is 29.2 Å². The molecule has 0 saturated carbocycles. The second-order valence-corrected chi connectivity index (χ2v) is 4.65. The van der Waals surface area contributed by atoms with Crippen LogP contribution in [0.2, 0.25) is 0 Å². The van der Waals surface area contributed by atoms with Crippen LogP contribution in [0, 0.1) is 11.7 Å². The number of anilines is 1. The first-order valence-electron chi connectivity index (χ1n) is 5.86. The maximum absolute atomic E-state index is 12.9. The average molecular weight is 250 g/mol. The van der Waals surface area contributed by atoms with Crippen LogP contribution in [0.5, 0.6) is 0 Å². The molecule has 1 fully saturated rings. The molecule has 1 aromatic carbocycles. The number of carbonyl (C=O) groups excluding carboxylic acids is 2. The Kier molecular flexibility index (Phi) is 3.32. The molecule has 0 bridgehead atoms. The smallest absolute Gasteiger partial charge is 0.247 e. The van der Waals surface area contributed by atoms with Gasteiger partial charge in [-0.2, -0.15) is 0 Å². The van der Waals surface area contributed by atoms with Crippen LogP contribution in [0.3, 0.4) is 0 Å². The zero-order valence-electron chi connectivity index (χ0n) is 10.3. The van der Waals surface area contributed by atoms with Crippen LogP contribution in [0.25, 0.3) is 0 Å². The van der Waals surface area contributed by atoms with E-state index >= 15 is 0 Å². The molecule has 2 amide bonds. The van der Waals surface area contributed by atoms with E-state index in [2.05, 4.69) is 5.32 Å². The van der Waals surface area contributed by atoms with Gasteiger partial charge in [-0.3, -0.25) is 14.5 Å². The normalized spacial score (nSPS) is 20.2. The molecule has 0 radical (unpaired) electrons. The molecule has 1 heterocycles. The predicted molar refractivity (Wildman–Crippen MR) is 65.5 cm³/mol. The molecule has 0 aromatic heterocycles. The van der Waals surface area contributed by atoms with Crippen molar-refractivity contribution < 1.29 is 14.0 Å². The summed E-state index contributed by atoms with van der Waals surface area (Å²) in [6.45, 7) is 3.73. The summed E-state index contributed by atoms with van der Waals surface area (Å²) < 4.78 is 12.9. The molecule has 0 spiro atoms. The Labute approximate surface area is 105 Å². The van der Waals surface area contributed by atoms with Gasteiger partial charge in [0.25, 0.3) is 0 Å². The Balaban J connectivity index is 2.39. The zero-order valence-corrected chi connectivity index (χ0v) is 10.3. The lowest BCUT2D eigenvalue weighted by molar-refractivity contribution is -0.131. The van der Waals surface area contributed by atoms with E-state index in [4.69, 9.17) is 0 Å². The van der Waals surface area contributed by atoms with Crippen molar-refractivity contribution >= 4 is 17.5 Å². The van der Waals surface area contributed by atoms with Crippen LogP contribution in [0.4, 0.5) is 10.1 Å². The molecule has 5 heteroatoms. The molecule has 4 nitrogen and oxygen atoms in total. The number of nitrogens with one attached hydrogen (secondary N) is 1. The highest BCUT2D eigenvalue weighted by molar-refractivity contribution is 6.06. The Morgan fingerprint density at radius 2 is 1.89 bits per heavy atom. The van der Waals surface area contributed by atoms with Crippen LogP contribution < -0.4 is 10.2 Å². The van der Waals surface area contributed by atoms with Crippen molar-refractivity contribution in [2.24, 2.45) is 5.92 Å². The van der Waals surface area contributed by atoms with Crippen molar-refractivity contribution in [3.05, 3.63) is 30.1 Å². The van der Waals surface area contributed by atoms with Gasteiger partial charge in [0.2, 0.25) is 11.8 Å². The average Bonchev–Trinajstić information content (AvgIpc) is 2.32. The largest absolute Gasteiger partial charge is 0.345 e. The summed E-state index contributed by atoms with van der Waals surface area (Å²) in [4.78, 5) is 25.3. The number of benzene rings is 1. The van der Waals surface area contributed by atoms with E-state index in [0.717, 1.165) is 0 Å². The number of rotatable bonds is 2. The molecule has 1 aliphatic rings. The molecule has 18 heavy (non-hydrogen) atoms. The monoisotopic (exact) mass is 250 g/mol. The fraction of sp³-hybridized carbons (Fsp3) is 0.385. The third kappa shape index (κ3) is 2.20. The van der Waals surface area contributed by atoms with Gasteiger partial charge in [-0.15, -0.1) is 0 Å². The van der Waals surface area contributed by atoms with Gasteiger partial charge in [0, 0.05) is 5.69 Å². The highest BCUT2D eigenvalue weighted by Gasteiger charge is 2.37. The minimum atomic E-state index is -0.545. The van der Waals surface area contributed by atoms with Crippen molar-refractivity contribution in [2.75, 3.05) is 11.4 Å². The van der Waals surface area contributed by atoms with Gasteiger partial charge in [-0.25, -0.2) is 4.39 Å². The summed E-state index contributed by atoms with van der Waals surface area (Å²) in [5, 5.41) is 2.57. The van der Waals surface area contributed by atoms with Gasteiger partial charge in [-0.1, -0.05) is 13.8 Å². The second kappa shape index (κ2) is 4.76. The fourth-order valence-electron chi connectivity index (χ4n) is 2.13. The minimum absolute atomic E-state index is 0.0145. The number of nitrogens with zero attached hydrogens (tertiary/aromatic N) is 1. The molecule has 1 aliphatic heterocycles. The molecule has 2 rings (SSSR count). The number of amides is 2. The third-order valence-corrected chi connectivity index (χ3v) is 2.97. The number of carbonyl (C=O) groups is 2. The van der Waals surface area contributed by atoms with Crippen molar-refractivity contribution in [3.8, 4) is 0 Å². The van der Waals surface area contributed by atoms with Gasteiger partial charge in [0.15, 0.2) is 0 Å². The summed E-state index contributed by atoms with van der Waals surface area (Å²) in [5.41, 5.74) is 0.551. The first kappa shape index (κ1) is 12.5. The molecular formula is C13H15FN2O2. The van der Waals surface area contributed by atoms with Gasteiger partial charge < -0.3 is 5.32 Å². The first-order valence-corrected chi connectivity index (χ1v) is 5.86. The van der Waals surface area contributed by atoms with Crippen molar-refractivity contribution in [3.63, 3.8) is 0 Å². The first-order chi connectivity index (χ1) is 8.50. The topological polar surface area (TPSA) is 49.4 Å². The highest BCUT2D eigenvalue weighted by Crippen LogP contribution is 2.23. The number of halogens is 1. The van der Waals surface area contributed by atoms with Crippen molar-refractivity contribution in [1.29, 1.82) is 0 Å². The molecule has 1 saturated heterocycles. The summed E-state index contributed by atoms with van der Waals surface area (Å²) in [6.07, 6.45) is 0. The van der Waals surface area contributed by atoms with E-state index in [-0.39, 0.29) is 30.1 Å². The Bertz CT molecular complexity index is 470. The van der Waals surface area contributed by atoms with Crippen LogP contribution in [-0.4, -0.2) is 24.4 Å². The van der Waals surface area contributed by atoms with Gasteiger partial charge in [0.1, 0.15) is 11.9 Å². The molecule has 1 atom stereocenters. The third-order valence-electron chi connectivity index (χ3n) is 2.97. The van der Waals surface area contributed by atoms with E-state index in [1.807, 2.05) is 13.8 Å².